The van der Waals surface area contributed by atoms with Gasteiger partial charge < -0.3 is 24.5 Å². The van der Waals surface area contributed by atoms with Gasteiger partial charge in [0.15, 0.2) is 5.75 Å². The van der Waals surface area contributed by atoms with E-state index in [0.29, 0.717) is 31.2 Å². The van der Waals surface area contributed by atoms with Crippen LogP contribution in [0.15, 0.2) is 24.3 Å². The Morgan fingerprint density at radius 1 is 1.14 bits per heavy atom. The fraction of sp³-hybridized carbons (Fsp3) is 0.560. The van der Waals surface area contributed by atoms with Crippen LogP contribution in [0.3, 0.4) is 0 Å². The van der Waals surface area contributed by atoms with E-state index in [9.17, 15) is 36.2 Å². The first-order valence-corrected chi connectivity index (χ1v) is 12.0. The second-order valence-corrected chi connectivity index (χ2v) is 9.86. The third-order valence-electron chi connectivity index (χ3n) is 6.91. The summed E-state index contributed by atoms with van der Waals surface area (Å²) >= 11 is 0. The smallest absolute Gasteiger partial charge is 0.408 e. The van der Waals surface area contributed by atoms with Gasteiger partial charge in [0.1, 0.15) is 0 Å². The average Bonchev–Trinajstić information content (AvgIpc) is 3.48. The number of halogens is 6. The summed E-state index contributed by atoms with van der Waals surface area (Å²) < 4.78 is 94.2. The molecule has 6 nitrogen and oxygen atoms in total. The zero-order chi connectivity index (χ0) is 27.2. The van der Waals surface area contributed by atoms with E-state index in [2.05, 4.69) is 5.32 Å². The molecule has 2 aromatic rings. The molecule has 12 heteroatoms. The number of benzene rings is 1. The normalized spacial score (nSPS) is 20.1. The Kier molecular flexibility index (Phi) is 7.28. The molecule has 2 N–H and O–H groups in total. The zero-order valence-corrected chi connectivity index (χ0v) is 20.3. The first-order chi connectivity index (χ1) is 17.2. The van der Waals surface area contributed by atoms with Crippen LogP contribution < -0.4 is 10.1 Å². The number of nitrogens with zero attached hydrogens (tertiary/aromatic N) is 1. The molecule has 0 radical (unpaired) electrons. The Labute approximate surface area is 209 Å². The van der Waals surface area contributed by atoms with Gasteiger partial charge in [0.05, 0.1) is 34.2 Å². The molecule has 204 valence electrons. The molecule has 1 aromatic carbocycles. The summed E-state index contributed by atoms with van der Waals surface area (Å²) in [5, 5.41) is 12.8. The number of hydrogen-bond donors (Lipinski definition) is 2. The van der Waals surface area contributed by atoms with Gasteiger partial charge in [-0.15, -0.1) is 0 Å². The van der Waals surface area contributed by atoms with E-state index in [1.165, 1.54) is 11.5 Å². The second kappa shape index (κ2) is 9.86. The fourth-order valence-electron chi connectivity index (χ4n) is 4.59. The number of carbonyl (C=O) groups excluding carboxylic acids is 1. The van der Waals surface area contributed by atoms with Crippen molar-refractivity contribution in [3.8, 4) is 17.0 Å². The van der Waals surface area contributed by atoms with E-state index in [-0.39, 0.29) is 42.2 Å². The molecule has 1 aliphatic carbocycles. The summed E-state index contributed by atoms with van der Waals surface area (Å²) in [4.78, 5) is 12.5. The predicted octanol–water partition coefficient (Wildman–Crippen LogP) is 5.93. The summed E-state index contributed by atoms with van der Waals surface area (Å²) in [6.45, 7) is 3.52. The molecule has 4 rings (SSSR count). The monoisotopic (exact) mass is 534 g/mol. The third-order valence-corrected chi connectivity index (χ3v) is 6.91. The van der Waals surface area contributed by atoms with Crippen LogP contribution in [0.4, 0.5) is 31.1 Å². The molecule has 1 saturated heterocycles. The lowest BCUT2D eigenvalue weighted by Gasteiger charge is -2.22. The number of alkyl halides is 6. The minimum atomic E-state index is -4.93. The molecule has 2 aliphatic rings. The maximum Gasteiger partial charge on any atom is 0.417 e. The number of aromatic nitrogens is 1. The fourth-order valence-corrected chi connectivity index (χ4v) is 4.59. The SMILES string of the molecule is Cc1c(OC(=O)NCC(C)(O)C2CC2)cc(-c2cc(C(F)(F)F)ccc2C(F)(F)F)n1C[C@H]1CCCO1. The Morgan fingerprint density at radius 3 is 2.41 bits per heavy atom. The number of aliphatic hydroxyl groups is 1. The van der Waals surface area contributed by atoms with Crippen molar-refractivity contribution < 1.29 is 45.7 Å². The molecular weight excluding hydrogens is 506 g/mol. The average molecular weight is 534 g/mol. The van der Waals surface area contributed by atoms with Gasteiger partial charge >= 0.3 is 18.4 Å². The highest BCUT2D eigenvalue weighted by Crippen LogP contribution is 2.43. The van der Waals surface area contributed by atoms with Crippen molar-refractivity contribution in [3.63, 3.8) is 0 Å². The molecule has 1 amide bonds. The molecule has 2 heterocycles. The number of carbonyl (C=O) groups is 1. The minimum Gasteiger partial charge on any atom is -0.408 e. The number of rotatable bonds is 7. The molecule has 1 aromatic heterocycles. The van der Waals surface area contributed by atoms with Gasteiger partial charge in [-0.3, -0.25) is 0 Å². The van der Waals surface area contributed by atoms with Gasteiger partial charge in [-0.1, -0.05) is 0 Å². The van der Waals surface area contributed by atoms with Gasteiger partial charge in [0, 0.05) is 31.3 Å². The molecule has 1 unspecified atom stereocenters. The van der Waals surface area contributed by atoms with Crippen LogP contribution in [0.1, 0.15) is 49.4 Å². The highest BCUT2D eigenvalue weighted by molar-refractivity contribution is 5.74. The summed E-state index contributed by atoms with van der Waals surface area (Å²) in [7, 11) is 0. The zero-order valence-electron chi connectivity index (χ0n) is 20.3. The molecule has 1 saturated carbocycles. The van der Waals surface area contributed by atoms with Crippen molar-refractivity contribution >= 4 is 6.09 Å². The van der Waals surface area contributed by atoms with Gasteiger partial charge in [-0.05, 0) is 63.6 Å². The first-order valence-electron chi connectivity index (χ1n) is 12.0. The Hall–Kier alpha value is -2.73. The van der Waals surface area contributed by atoms with Gasteiger partial charge in [-0.25, -0.2) is 4.79 Å². The summed E-state index contributed by atoms with van der Waals surface area (Å²) in [5.74, 6) is -0.0579. The van der Waals surface area contributed by atoms with E-state index in [0.717, 1.165) is 25.3 Å². The largest absolute Gasteiger partial charge is 0.417 e. The lowest BCUT2D eigenvalue weighted by molar-refractivity contribution is -0.141. The van der Waals surface area contributed by atoms with Crippen LogP contribution in [0, 0.1) is 12.8 Å². The van der Waals surface area contributed by atoms with Crippen LogP contribution >= 0.6 is 0 Å². The molecule has 1 aliphatic heterocycles. The van der Waals surface area contributed by atoms with Crippen molar-refractivity contribution in [2.45, 2.75) is 70.1 Å². The van der Waals surface area contributed by atoms with E-state index in [4.69, 9.17) is 9.47 Å². The second-order valence-electron chi connectivity index (χ2n) is 9.86. The van der Waals surface area contributed by atoms with E-state index < -0.39 is 40.7 Å². The minimum absolute atomic E-state index is 0.0512. The number of ether oxygens (including phenoxy) is 2. The van der Waals surface area contributed by atoms with E-state index >= 15 is 0 Å². The van der Waals surface area contributed by atoms with Crippen LogP contribution in [-0.2, 0) is 23.6 Å². The van der Waals surface area contributed by atoms with Gasteiger partial charge in [0.25, 0.3) is 0 Å². The lowest BCUT2D eigenvalue weighted by Crippen LogP contribution is -2.43. The van der Waals surface area contributed by atoms with E-state index in [1.807, 2.05) is 0 Å². The standard InChI is InChI=1S/C25H28F6N2O4/c1-14-21(37-22(34)32-13-23(2,35)15-5-6-15)11-20(33(14)12-17-4-3-9-36-17)18-10-16(24(26,27)28)7-8-19(18)25(29,30)31/h7-8,10-11,15,17,35H,3-6,9,12-13H2,1-2H3,(H,32,34)/t17-,23?/m1/s1. The van der Waals surface area contributed by atoms with Crippen molar-refractivity contribution in [1.29, 1.82) is 0 Å². The van der Waals surface area contributed by atoms with Crippen molar-refractivity contribution in [2.24, 2.45) is 5.92 Å². The quantitative estimate of drug-likeness (QED) is 0.432. The molecule has 2 fully saturated rings. The highest BCUT2D eigenvalue weighted by Gasteiger charge is 2.41. The molecular formula is C25H28F6N2O4. The maximum absolute atomic E-state index is 13.9. The van der Waals surface area contributed by atoms with Crippen molar-refractivity contribution in [2.75, 3.05) is 13.2 Å². The Balaban J connectivity index is 1.72. The van der Waals surface area contributed by atoms with E-state index in [1.54, 1.807) is 6.92 Å². The molecule has 0 spiro atoms. The van der Waals surface area contributed by atoms with Crippen molar-refractivity contribution in [1.82, 2.24) is 9.88 Å². The Morgan fingerprint density at radius 2 is 1.84 bits per heavy atom. The molecule has 0 bridgehead atoms. The lowest BCUT2D eigenvalue weighted by atomic mass is 10.00. The van der Waals surface area contributed by atoms with Gasteiger partial charge in [-0.2, -0.15) is 26.3 Å². The topological polar surface area (TPSA) is 72.7 Å². The van der Waals surface area contributed by atoms with Crippen LogP contribution in [0.5, 0.6) is 5.75 Å². The van der Waals surface area contributed by atoms with Crippen LogP contribution in [0.2, 0.25) is 0 Å². The predicted molar refractivity (Wildman–Crippen MR) is 121 cm³/mol. The number of hydrogen-bond acceptors (Lipinski definition) is 4. The molecule has 37 heavy (non-hydrogen) atoms. The molecule has 2 atom stereocenters. The summed E-state index contributed by atoms with van der Waals surface area (Å²) in [6, 6.07) is 2.39. The maximum atomic E-state index is 13.9. The number of amides is 1. The van der Waals surface area contributed by atoms with Crippen LogP contribution in [0.25, 0.3) is 11.3 Å². The summed E-state index contributed by atoms with van der Waals surface area (Å²) in [6.07, 6.45) is -8.07. The highest BCUT2D eigenvalue weighted by atomic mass is 19.4. The third kappa shape index (κ3) is 6.23. The Bertz CT molecular complexity index is 1150. The first kappa shape index (κ1) is 27.3. The van der Waals surface area contributed by atoms with Crippen molar-refractivity contribution in [3.05, 3.63) is 41.1 Å². The number of nitrogens with one attached hydrogen (secondary N) is 1. The van der Waals surface area contributed by atoms with Gasteiger partial charge in [0.2, 0.25) is 0 Å². The van der Waals surface area contributed by atoms with Crippen LogP contribution in [-0.4, -0.2) is 40.6 Å². The summed E-state index contributed by atoms with van der Waals surface area (Å²) in [5.41, 5.74) is -4.23.